The van der Waals surface area contributed by atoms with Crippen LogP contribution in [0, 0.1) is 0 Å². The second-order valence-corrected chi connectivity index (χ2v) is 14.8. The lowest BCUT2D eigenvalue weighted by atomic mass is 9.88. The van der Waals surface area contributed by atoms with E-state index in [0.29, 0.717) is 44.0 Å². The number of carbonyl (C=O) groups excluding carboxylic acids is 4. The standard InChI is InChI=1S/C46H51ClN4O5/c1-50(30-31-56-36-23-21-35(22-24-36)44(34-16-9-6-10-17-34)37(27-28-47)33-14-7-5-8-15-33)43(53)20-11-3-2-4-12-29-48-40-19-13-18-38-39(40)32-51(46(38)55)41-25-26-42(52)49-45(41)54/h5-10,13-19,21-24,41,48H,2-4,11-12,20,25-32H2,1H3,(H,49,52,54)/b44-37-. The maximum atomic E-state index is 13.1. The summed E-state index contributed by atoms with van der Waals surface area (Å²) in [6, 6.07) is 34.0. The van der Waals surface area contributed by atoms with Gasteiger partial charge in [0.1, 0.15) is 18.4 Å². The fourth-order valence-electron chi connectivity index (χ4n) is 7.51. The molecule has 56 heavy (non-hydrogen) atoms. The van der Waals surface area contributed by atoms with Gasteiger partial charge in [-0.05, 0) is 77.8 Å². The third-order valence-electron chi connectivity index (χ3n) is 10.6. The molecular weight excluding hydrogens is 724 g/mol. The highest BCUT2D eigenvalue weighted by molar-refractivity contribution is 6.18. The Kier molecular flexibility index (Phi) is 14.3. The number of ether oxygens (including phenoxy) is 1. The molecule has 0 spiro atoms. The molecule has 10 heteroatoms. The summed E-state index contributed by atoms with van der Waals surface area (Å²) < 4.78 is 6.06. The van der Waals surface area contributed by atoms with Gasteiger partial charge in [0.05, 0.1) is 6.54 Å². The monoisotopic (exact) mass is 774 g/mol. The molecule has 4 amide bonds. The van der Waals surface area contributed by atoms with Crippen LogP contribution in [-0.2, 0) is 20.9 Å². The third kappa shape index (κ3) is 10.3. The summed E-state index contributed by atoms with van der Waals surface area (Å²) in [6.45, 7) is 2.03. The molecular formula is C46H51ClN4O5. The quantitative estimate of drug-likeness (QED) is 0.0430. The first kappa shape index (κ1) is 40.3. The molecule has 2 heterocycles. The Bertz CT molecular complexity index is 2000. The van der Waals surface area contributed by atoms with E-state index >= 15 is 0 Å². The van der Waals surface area contributed by atoms with Crippen molar-refractivity contribution < 1.29 is 23.9 Å². The van der Waals surface area contributed by atoms with Crippen molar-refractivity contribution in [2.75, 3.05) is 37.9 Å². The normalized spacial score (nSPS) is 15.6. The average molecular weight is 775 g/mol. The molecule has 4 aromatic rings. The Hall–Kier alpha value is -5.41. The summed E-state index contributed by atoms with van der Waals surface area (Å²) in [5.74, 6) is 0.537. The van der Waals surface area contributed by atoms with Gasteiger partial charge < -0.3 is 19.9 Å². The van der Waals surface area contributed by atoms with Gasteiger partial charge in [-0.1, -0.05) is 98.1 Å². The highest BCUT2D eigenvalue weighted by Gasteiger charge is 2.39. The van der Waals surface area contributed by atoms with E-state index in [2.05, 4.69) is 71.3 Å². The van der Waals surface area contributed by atoms with Gasteiger partial charge in [0.15, 0.2) is 0 Å². The lowest BCUT2D eigenvalue weighted by Gasteiger charge is -2.29. The second kappa shape index (κ2) is 20.0. The summed E-state index contributed by atoms with van der Waals surface area (Å²) in [4.78, 5) is 53.2. The van der Waals surface area contributed by atoms with E-state index in [1.165, 1.54) is 5.57 Å². The maximum absolute atomic E-state index is 13.1. The number of carbonyl (C=O) groups is 4. The number of hydrogen-bond donors (Lipinski definition) is 2. The molecule has 1 atom stereocenters. The first-order valence-electron chi connectivity index (χ1n) is 19.7. The number of rotatable bonds is 19. The number of nitrogens with one attached hydrogen (secondary N) is 2. The SMILES string of the molecule is CN(CCOc1ccc(/C(=C(/CCCl)c2ccccc2)c2ccccc2)cc1)C(=O)CCCCCCCNc1cccc2c1CN(C1CCC(=O)NC1=O)C2=O. The van der Waals surface area contributed by atoms with Gasteiger partial charge in [-0.2, -0.15) is 0 Å². The lowest BCUT2D eigenvalue weighted by Crippen LogP contribution is -2.52. The third-order valence-corrected chi connectivity index (χ3v) is 10.7. The number of piperidine rings is 1. The van der Waals surface area contributed by atoms with Crippen molar-refractivity contribution in [3.8, 4) is 5.75 Å². The van der Waals surface area contributed by atoms with Crippen molar-refractivity contribution in [3.63, 3.8) is 0 Å². The number of allylic oxidation sites excluding steroid dienone is 1. The van der Waals surface area contributed by atoms with Crippen LogP contribution < -0.4 is 15.4 Å². The minimum Gasteiger partial charge on any atom is -0.492 e. The summed E-state index contributed by atoms with van der Waals surface area (Å²) in [6.07, 6.45) is 6.69. The van der Waals surface area contributed by atoms with Crippen LogP contribution in [0.2, 0.25) is 0 Å². The zero-order valence-electron chi connectivity index (χ0n) is 32.1. The van der Waals surface area contributed by atoms with Gasteiger partial charge in [-0.25, -0.2) is 0 Å². The fourth-order valence-corrected chi connectivity index (χ4v) is 7.70. The van der Waals surface area contributed by atoms with Gasteiger partial charge in [0, 0.05) is 55.7 Å². The first-order chi connectivity index (χ1) is 27.3. The van der Waals surface area contributed by atoms with Crippen molar-refractivity contribution in [3.05, 3.63) is 131 Å². The number of benzene rings is 4. The molecule has 1 saturated heterocycles. The summed E-state index contributed by atoms with van der Waals surface area (Å²) >= 11 is 6.31. The largest absolute Gasteiger partial charge is 0.492 e. The van der Waals surface area contributed by atoms with Gasteiger partial charge >= 0.3 is 0 Å². The predicted octanol–water partition coefficient (Wildman–Crippen LogP) is 8.33. The van der Waals surface area contributed by atoms with Crippen molar-refractivity contribution in [1.29, 1.82) is 0 Å². The van der Waals surface area contributed by atoms with E-state index in [4.69, 9.17) is 16.3 Å². The fraction of sp³-hybridized carbons (Fsp3) is 0.348. The van der Waals surface area contributed by atoms with Crippen LogP contribution in [0.25, 0.3) is 11.1 Å². The van der Waals surface area contributed by atoms with Crippen molar-refractivity contribution in [1.82, 2.24) is 15.1 Å². The van der Waals surface area contributed by atoms with Crippen LogP contribution in [0.5, 0.6) is 5.75 Å². The molecule has 0 aromatic heterocycles. The van der Waals surface area contributed by atoms with Gasteiger partial charge in [0.25, 0.3) is 5.91 Å². The number of anilines is 1. The average Bonchev–Trinajstić information content (AvgIpc) is 3.56. The molecule has 2 aliphatic heterocycles. The number of likely N-dealkylation sites (N-methyl/N-ethyl adjacent to an activating group) is 1. The Morgan fingerprint density at radius 1 is 0.821 bits per heavy atom. The molecule has 1 fully saturated rings. The van der Waals surface area contributed by atoms with E-state index in [1.807, 2.05) is 43.4 Å². The smallest absolute Gasteiger partial charge is 0.255 e. The second-order valence-electron chi connectivity index (χ2n) is 14.4. The van der Waals surface area contributed by atoms with Gasteiger partial charge in [-0.3, -0.25) is 24.5 Å². The lowest BCUT2D eigenvalue weighted by molar-refractivity contribution is -0.137. The van der Waals surface area contributed by atoms with Crippen molar-refractivity contribution >= 4 is 52.1 Å². The number of amides is 4. The van der Waals surface area contributed by atoms with Crippen LogP contribution in [0.15, 0.2) is 103 Å². The summed E-state index contributed by atoms with van der Waals surface area (Å²) in [7, 11) is 1.83. The van der Waals surface area contributed by atoms with Gasteiger partial charge in [-0.15, -0.1) is 11.6 Å². The minimum absolute atomic E-state index is 0.120. The number of fused-ring (bicyclic) bond motifs is 1. The number of unbranched alkanes of at least 4 members (excludes halogenated alkanes) is 4. The topological polar surface area (TPSA) is 108 Å². The van der Waals surface area contributed by atoms with Crippen molar-refractivity contribution in [2.45, 2.75) is 70.4 Å². The van der Waals surface area contributed by atoms with E-state index in [9.17, 15) is 19.2 Å². The van der Waals surface area contributed by atoms with Crippen LogP contribution >= 0.6 is 11.6 Å². The van der Waals surface area contributed by atoms with E-state index in [-0.39, 0.29) is 24.1 Å². The Morgan fingerprint density at radius 3 is 2.21 bits per heavy atom. The molecule has 0 aliphatic carbocycles. The molecule has 4 aromatic carbocycles. The van der Waals surface area contributed by atoms with Crippen LogP contribution in [0.1, 0.15) is 90.4 Å². The summed E-state index contributed by atoms with van der Waals surface area (Å²) in [5, 5.41) is 5.83. The van der Waals surface area contributed by atoms with Crippen LogP contribution in [-0.4, -0.2) is 72.1 Å². The number of alkyl halides is 1. The highest BCUT2D eigenvalue weighted by Crippen LogP contribution is 2.36. The Balaban J connectivity index is 0.890. The minimum atomic E-state index is -0.622. The predicted molar refractivity (Wildman–Crippen MR) is 222 cm³/mol. The molecule has 0 bridgehead atoms. The van der Waals surface area contributed by atoms with E-state index in [0.717, 1.165) is 84.3 Å². The number of hydrogen-bond acceptors (Lipinski definition) is 6. The van der Waals surface area contributed by atoms with Crippen LogP contribution in [0.3, 0.4) is 0 Å². The van der Waals surface area contributed by atoms with E-state index in [1.54, 1.807) is 15.9 Å². The number of halogens is 1. The summed E-state index contributed by atoms with van der Waals surface area (Å²) in [5.41, 5.74) is 8.15. The van der Waals surface area contributed by atoms with Gasteiger partial charge in [0.2, 0.25) is 17.7 Å². The van der Waals surface area contributed by atoms with Crippen LogP contribution in [0.4, 0.5) is 5.69 Å². The first-order valence-corrected chi connectivity index (χ1v) is 20.2. The number of nitrogens with zero attached hydrogens (tertiary/aromatic N) is 2. The molecule has 9 nitrogen and oxygen atoms in total. The molecule has 292 valence electrons. The Labute approximate surface area is 335 Å². The molecule has 2 N–H and O–H groups in total. The zero-order chi connectivity index (χ0) is 39.3. The Morgan fingerprint density at radius 2 is 1.50 bits per heavy atom. The maximum Gasteiger partial charge on any atom is 0.255 e. The zero-order valence-corrected chi connectivity index (χ0v) is 32.9. The molecule has 6 rings (SSSR count). The highest BCUT2D eigenvalue weighted by atomic mass is 35.5. The van der Waals surface area contributed by atoms with Crippen molar-refractivity contribution in [2.24, 2.45) is 0 Å². The van der Waals surface area contributed by atoms with E-state index < -0.39 is 11.9 Å². The molecule has 0 radical (unpaired) electrons. The molecule has 2 aliphatic rings. The molecule has 0 saturated carbocycles. The molecule has 1 unspecified atom stereocenters. The number of imide groups is 1.